The first-order chi connectivity index (χ1) is 9.04. The Kier molecular flexibility index (Phi) is 2.44. The van der Waals surface area contributed by atoms with Crippen LogP contribution < -0.4 is 5.32 Å². The van der Waals surface area contributed by atoms with Crippen LogP contribution in [0.5, 0.6) is 0 Å². The summed E-state index contributed by atoms with van der Waals surface area (Å²) in [4.78, 5) is 41.2. The Morgan fingerprint density at radius 2 is 2.11 bits per heavy atom. The Labute approximate surface area is 109 Å². The molecule has 2 aliphatic rings. The van der Waals surface area contributed by atoms with Crippen LogP contribution in [0.15, 0.2) is 12.4 Å². The number of rotatable bonds is 2. The summed E-state index contributed by atoms with van der Waals surface area (Å²) in [5, 5.41) is 2.27. The molecule has 0 unspecified atom stereocenters. The largest absolute Gasteiger partial charge is 0.337 e. The second kappa shape index (κ2) is 3.91. The van der Waals surface area contributed by atoms with Gasteiger partial charge in [-0.25, -0.2) is 9.78 Å². The minimum atomic E-state index is -1.01. The van der Waals surface area contributed by atoms with Gasteiger partial charge >= 0.3 is 6.03 Å². The van der Waals surface area contributed by atoms with Crippen molar-refractivity contribution in [3.05, 3.63) is 18.2 Å². The van der Waals surface area contributed by atoms with Gasteiger partial charge in [0.05, 0.1) is 6.54 Å². The highest BCUT2D eigenvalue weighted by molar-refractivity contribution is 6.19. The lowest BCUT2D eigenvalue weighted by Crippen LogP contribution is -2.65. The number of hydrogen-bond acceptors (Lipinski definition) is 4. The Morgan fingerprint density at radius 3 is 2.63 bits per heavy atom. The summed E-state index contributed by atoms with van der Waals surface area (Å²) >= 11 is 0. The quantitative estimate of drug-likeness (QED) is 0.770. The summed E-state index contributed by atoms with van der Waals surface area (Å²) in [5.74, 6) is -0.243. The maximum atomic E-state index is 12.4. The summed E-state index contributed by atoms with van der Waals surface area (Å²) in [6.45, 7) is 0.0865. The van der Waals surface area contributed by atoms with Gasteiger partial charge in [-0.15, -0.1) is 0 Å². The van der Waals surface area contributed by atoms with Gasteiger partial charge in [0.1, 0.15) is 11.2 Å². The molecule has 1 aliphatic carbocycles. The molecule has 2 heterocycles. The Balaban J connectivity index is 1.88. The van der Waals surface area contributed by atoms with Crippen molar-refractivity contribution in [2.24, 2.45) is 12.5 Å². The van der Waals surface area contributed by atoms with E-state index in [-0.39, 0.29) is 6.54 Å². The monoisotopic (exact) mass is 262 g/mol. The summed E-state index contributed by atoms with van der Waals surface area (Å²) < 4.78 is 1.74. The number of barbiturate groups is 1. The molecule has 2 fully saturated rings. The van der Waals surface area contributed by atoms with Gasteiger partial charge in [0.2, 0.25) is 11.8 Å². The average molecular weight is 262 g/mol. The van der Waals surface area contributed by atoms with Gasteiger partial charge in [-0.1, -0.05) is 6.42 Å². The lowest BCUT2D eigenvalue weighted by Gasteiger charge is -2.44. The lowest BCUT2D eigenvalue weighted by molar-refractivity contribution is -0.158. The van der Waals surface area contributed by atoms with Crippen molar-refractivity contribution in [2.75, 3.05) is 0 Å². The zero-order chi connectivity index (χ0) is 13.6. The molecule has 0 radical (unpaired) electrons. The van der Waals surface area contributed by atoms with Gasteiger partial charge in [0.15, 0.2) is 0 Å². The van der Waals surface area contributed by atoms with Crippen LogP contribution in [0.25, 0.3) is 0 Å². The molecule has 0 atom stereocenters. The highest BCUT2D eigenvalue weighted by atomic mass is 16.2. The molecule has 3 rings (SSSR count). The van der Waals surface area contributed by atoms with Crippen molar-refractivity contribution in [3.8, 4) is 0 Å². The zero-order valence-corrected chi connectivity index (χ0v) is 10.5. The molecule has 4 amide bonds. The van der Waals surface area contributed by atoms with Crippen LogP contribution in [0.3, 0.4) is 0 Å². The number of carbonyl (C=O) groups excluding carboxylic acids is 3. The first kappa shape index (κ1) is 11.9. The molecule has 19 heavy (non-hydrogen) atoms. The molecule has 7 nitrogen and oxygen atoms in total. The fourth-order valence-electron chi connectivity index (χ4n) is 2.54. The minimum absolute atomic E-state index is 0.0865. The highest BCUT2D eigenvalue weighted by Gasteiger charge is 2.57. The molecule has 1 spiro atoms. The summed E-state index contributed by atoms with van der Waals surface area (Å²) in [5.41, 5.74) is -1.01. The Bertz CT molecular complexity index is 573. The number of carbonyl (C=O) groups is 3. The second-order valence-corrected chi connectivity index (χ2v) is 5.04. The number of nitrogens with one attached hydrogen (secondary N) is 1. The van der Waals surface area contributed by atoms with Crippen LogP contribution in [0.4, 0.5) is 4.79 Å². The number of amides is 4. The normalized spacial score (nSPS) is 21.5. The number of urea groups is 1. The highest BCUT2D eigenvalue weighted by Crippen LogP contribution is 2.44. The van der Waals surface area contributed by atoms with E-state index in [1.54, 1.807) is 24.0 Å². The van der Waals surface area contributed by atoms with E-state index >= 15 is 0 Å². The summed E-state index contributed by atoms with van der Waals surface area (Å²) in [7, 11) is 1.79. The third-order valence-electron chi connectivity index (χ3n) is 3.98. The number of hydrogen-bond donors (Lipinski definition) is 1. The maximum Gasteiger partial charge on any atom is 0.331 e. The van der Waals surface area contributed by atoms with Crippen LogP contribution >= 0.6 is 0 Å². The topological polar surface area (TPSA) is 84.3 Å². The van der Waals surface area contributed by atoms with Crippen LogP contribution in [0.2, 0.25) is 0 Å². The standard InChI is InChI=1S/C12H14N4O3/c1-15-6-5-13-8(15)7-16-10(18)12(3-2-4-12)9(17)14-11(16)19/h5-6H,2-4,7H2,1H3,(H,14,17,19). The number of nitrogens with zero attached hydrogens (tertiary/aromatic N) is 3. The second-order valence-electron chi connectivity index (χ2n) is 5.04. The Morgan fingerprint density at radius 1 is 1.37 bits per heavy atom. The number of aromatic nitrogens is 2. The van der Waals surface area contributed by atoms with E-state index < -0.39 is 23.3 Å². The van der Waals surface area contributed by atoms with Gasteiger partial charge in [-0.05, 0) is 12.8 Å². The summed E-state index contributed by atoms with van der Waals surface area (Å²) in [6, 6.07) is -0.657. The van der Waals surface area contributed by atoms with E-state index in [0.717, 1.165) is 11.3 Å². The molecule has 1 N–H and O–H groups in total. The van der Waals surface area contributed by atoms with Crippen molar-refractivity contribution >= 4 is 17.8 Å². The number of aryl methyl sites for hydroxylation is 1. The van der Waals surface area contributed by atoms with Gasteiger partial charge in [0.25, 0.3) is 0 Å². The molecule has 0 bridgehead atoms. The number of imide groups is 2. The van der Waals surface area contributed by atoms with Gasteiger partial charge in [-0.3, -0.25) is 19.8 Å². The van der Waals surface area contributed by atoms with Crippen molar-refractivity contribution in [1.82, 2.24) is 19.8 Å². The zero-order valence-electron chi connectivity index (χ0n) is 10.5. The lowest BCUT2D eigenvalue weighted by atomic mass is 9.66. The molecule has 1 aromatic rings. The van der Waals surface area contributed by atoms with E-state index in [4.69, 9.17) is 0 Å². The first-order valence-electron chi connectivity index (χ1n) is 6.18. The van der Waals surface area contributed by atoms with Gasteiger partial charge in [-0.2, -0.15) is 0 Å². The van der Waals surface area contributed by atoms with E-state index in [1.807, 2.05) is 0 Å². The smallest absolute Gasteiger partial charge is 0.331 e. The Hall–Kier alpha value is -2.18. The molecular weight excluding hydrogens is 248 g/mol. The molecular formula is C12H14N4O3. The van der Waals surface area contributed by atoms with Gasteiger partial charge in [0, 0.05) is 19.4 Å². The van der Waals surface area contributed by atoms with Gasteiger partial charge < -0.3 is 4.57 Å². The molecule has 100 valence electrons. The van der Waals surface area contributed by atoms with E-state index in [2.05, 4.69) is 10.3 Å². The van der Waals surface area contributed by atoms with Crippen molar-refractivity contribution in [1.29, 1.82) is 0 Å². The van der Waals surface area contributed by atoms with E-state index in [1.165, 1.54) is 0 Å². The molecule has 7 heteroatoms. The predicted molar refractivity (Wildman–Crippen MR) is 63.6 cm³/mol. The van der Waals surface area contributed by atoms with Crippen molar-refractivity contribution < 1.29 is 14.4 Å². The molecule has 0 aromatic carbocycles. The van der Waals surface area contributed by atoms with E-state index in [9.17, 15) is 14.4 Å². The van der Waals surface area contributed by atoms with Crippen molar-refractivity contribution in [3.63, 3.8) is 0 Å². The minimum Gasteiger partial charge on any atom is -0.337 e. The fourth-order valence-corrected chi connectivity index (χ4v) is 2.54. The molecule has 1 aliphatic heterocycles. The third kappa shape index (κ3) is 1.57. The molecule has 1 aromatic heterocycles. The van der Waals surface area contributed by atoms with Crippen LogP contribution in [-0.4, -0.2) is 32.3 Å². The summed E-state index contributed by atoms with van der Waals surface area (Å²) in [6.07, 6.45) is 5.21. The SMILES string of the molecule is Cn1ccnc1CN1C(=O)NC(=O)C2(CCC2)C1=O. The predicted octanol–water partition coefficient (Wildman–Crippen LogP) is 0.169. The first-order valence-corrected chi connectivity index (χ1v) is 6.18. The number of imidazole rings is 1. The fraction of sp³-hybridized carbons (Fsp3) is 0.500. The van der Waals surface area contributed by atoms with Crippen molar-refractivity contribution in [2.45, 2.75) is 25.8 Å². The molecule has 1 saturated heterocycles. The van der Waals surface area contributed by atoms with Crippen LogP contribution in [-0.2, 0) is 23.2 Å². The third-order valence-corrected chi connectivity index (χ3v) is 3.98. The van der Waals surface area contributed by atoms with Crippen LogP contribution in [0, 0.1) is 5.41 Å². The molecule has 1 saturated carbocycles. The van der Waals surface area contributed by atoms with E-state index in [0.29, 0.717) is 18.7 Å². The maximum absolute atomic E-state index is 12.4. The van der Waals surface area contributed by atoms with Crippen LogP contribution in [0.1, 0.15) is 25.1 Å². The average Bonchev–Trinajstić information content (AvgIpc) is 2.68.